The van der Waals surface area contributed by atoms with Crippen LogP contribution in [0, 0.1) is 0 Å². The Balaban J connectivity index is 2.24. The van der Waals surface area contributed by atoms with Crippen LogP contribution in [-0.2, 0) is 22.8 Å². The Labute approximate surface area is 119 Å². The monoisotopic (exact) mass is 295 g/mol. The third kappa shape index (κ3) is 3.80. The zero-order valence-corrected chi connectivity index (χ0v) is 12.7. The van der Waals surface area contributed by atoms with Gasteiger partial charge in [0, 0.05) is 36.6 Å². The van der Waals surface area contributed by atoms with Crippen LogP contribution in [0.3, 0.4) is 0 Å². The van der Waals surface area contributed by atoms with Crippen LogP contribution in [0.1, 0.15) is 18.9 Å². The largest absolute Gasteiger partial charge is 0.332 e. The van der Waals surface area contributed by atoms with Crippen LogP contribution in [0.25, 0.3) is 11.0 Å². The second-order valence-corrected chi connectivity index (χ2v) is 7.65. The van der Waals surface area contributed by atoms with E-state index >= 15 is 0 Å². The van der Waals surface area contributed by atoms with Crippen LogP contribution in [0.2, 0.25) is 0 Å². The van der Waals surface area contributed by atoms with Crippen molar-refractivity contribution in [3.05, 3.63) is 30.1 Å². The van der Waals surface area contributed by atoms with Gasteiger partial charge < -0.3 is 10.3 Å². The Bertz CT molecular complexity index is 690. The number of hydrogen-bond donors (Lipinski definition) is 1. The molecular formula is C14H21N3O2S. The SMILES string of the molecule is CC(N)Cc1cn(CCCS(C)(=O)=O)c2ncccc12. The van der Waals surface area contributed by atoms with Gasteiger partial charge >= 0.3 is 0 Å². The van der Waals surface area contributed by atoms with Gasteiger partial charge in [0.25, 0.3) is 0 Å². The lowest BCUT2D eigenvalue weighted by Crippen LogP contribution is -2.17. The van der Waals surface area contributed by atoms with E-state index in [0.29, 0.717) is 13.0 Å². The first-order valence-corrected chi connectivity index (χ1v) is 8.79. The first-order valence-electron chi connectivity index (χ1n) is 6.73. The van der Waals surface area contributed by atoms with E-state index in [1.165, 1.54) is 11.8 Å². The van der Waals surface area contributed by atoms with Crippen molar-refractivity contribution in [3.63, 3.8) is 0 Å². The summed E-state index contributed by atoms with van der Waals surface area (Å²) in [5.74, 6) is 0.197. The van der Waals surface area contributed by atoms with Gasteiger partial charge in [-0.2, -0.15) is 0 Å². The van der Waals surface area contributed by atoms with Gasteiger partial charge in [-0.3, -0.25) is 0 Å². The van der Waals surface area contributed by atoms with Crippen LogP contribution in [-0.4, -0.2) is 36.0 Å². The first-order chi connectivity index (χ1) is 9.37. The van der Waals surface area contributed by atoms with Crippen LogP contribution in [0.4, 0.5) is 0 Å². The van der Waals surface area contributed by atoms with E-state index in [-0.39, 0.29) is 11.8 Å². The van der Waals surface area contributed by atoms with Gasteiger partial charge in [-0.05, 0) is 37.5 Å². The van der Waals surface area contributed by atoms with Gasteiger partial charge in [0.05, 0.1) is 5.75 Å². The van der Waals surface area contributed by atoms with Gasteiger partial charge in [-0.1, -0.05) is 0 Å². The Kier molecular flexibility index (Phi) is 4.45. The molecule has 2 rings (SSSR count). The molecule has 1 atom stereocenters. The standard InChI is InChI=1S/C14H21N3O2S/c1-11(15)9-12-10-17(7-4-8-20(2,18)19)14-13(12)5-3-6-16-14/h3,5-6,10-11H,4,7-9,15H2,1-2H3. The van der Waals surface area contributed by atoms with Crippen molar-refractivity contribution in [1.82, 2.24) is 9.55 Å². The molecule has 0 aliphatic carbocycles. The molecule has 0 bridgehead atoms. The molecule has 0 aromatic carbocycles. The van der Waals surface area contributed by atoms with Crippen molar-refractivity contribution >= 4 is 20.9 Å². The van der Waals surface area contributed by atoms with Crippen molar-refractivity contribution in [2.24, 2.45) is 5.73 Å². The Morgan fingerprint density at radius 3 is 2.85 bits per heavy atom. The molecule has 2 aromatic heterocycles. The van der Waals surface area contributed by atoms with E-state index in [4.69, 9.17) is 5.73 Å². The van der Waals surface area contributed by atoms with Crippen molar-refractivity contribution in [3.8, 4) is 0 Å². The fourth-order valence-electron chi connectivity index (χ4n) is 2.37. The number of fused-ring (bicyclic) bond motifs is 1. The van der Waals surface area contributed by atoms with Crippen molar-refractivity contribution in [1.29, 1.82) is 0 Å². The normalized spacial score (nSPS) is 13.8. The molecule has 0 radical (unpaired) electrons. The van der Waals surface area contributed by atoms with Crippen molar-refractivity contribution in [2.45, 2.75) is 32.4 Å². The van der Waals surface area contributed by atoms with E-state index < -0.39 is 9.84 Å². The maximum Gasteiger partial charge on any atom is 0.147 e. The van der Waals surface area contributed by atoms with E-state index in [0.717, 1.165) is 17.5 Å². The van der Waals surface area contributed by atoms with E-state index in [9.17, 15) is 8.42 Å². The second kappa shape index (κ2) is 5.93. The van der Waals surface area contributed by atoms with Crippen molar-refractivity contribution in [2.75, 3.05) is 12.0 Å². The quantitative estimate of drug-likeness (QED) is 0.873. The summed E-state index contributed by atoms with van der Waals surface area (Å²) in [6.45, 7) is 2.63. The van der Waals surface area contributed by atoms with E-state index in [2.05, 4.69) is 4.98 Å². The second-order valence-electron chi connectivity index (χ2n) is 5.39. The first kappa shape index (κ1) is 15.0. The minimum absolute atomic E-state index is 0.0882. The molecule has 5 nitrogen and oxygen atoms in total. The van der Waals surface area contributed by atoms with Gasteiger partial charge in [-0.25, -0.2) is 13.4 Å². The lowest BCUT2D eigenvalue weighted by Gasteiger charge is -2.03. The highest BCUT2D eigenvalue weighted by molar-refractivity contribution is 7.90. The lowest BCUT2D eigenvalue weighted by molar-refractivity contribution is 0.593. The number of pyridine rings is 1. The number of aromatic nitrogens is 2. The average Bonchev–Trinajstić information content (AvgIpc) is 2.66. The summed E-state index contributed by atoms with van der Waals surface area (Å²) in [6.07, 6.45) is 6.45. The zero-order valence-electron chi connectivity index (χ0n) is 11.9. The molecule has 20 heavy (non-hydrogen) atoms. The Morgan fingerprint density at radius 1 is 1.45 bits per heavy atom. The number of nitrogens with two attached hydrogens (primary N) is 1. The molecule has 0 aliphatic rings. The number of nitrogens with zero attached hydrogens (tertiary/aromatic N) is 2. The van der Waals surface area contributed by atoms with E-state index in [1.54, 1.807) is 6.20 Å². The van der Waals surface area contributed by atoms with Crippen LogP contribution in [0.5, 0.6) is 0 Å². The summed E-state index contributed by atoms with van der Waals surface area (Å²) >= 11 is 0. The summed E-state index contributed by atoms with van der Waals surface area (Å²) in [6, 6.07) is 4.03. The predicted molar refractivity (Wildman–Crippen MR) is 81.4 cm³/mol. The van der Waals surface area contributed by atoms with Gasteiger partial charge in [-0.15, -0.1) is 0 Å². The molecule has 0 saturated heterocycles. The average molecular weight is 295 g/mol. The minimum Gasteiger partial charge on any atom is -0.332 e. The smallest absolute Gasteiger partial charge is 0.147 e. The van der Waals surface area contributed by atoms with E-state index in [1.807, 2.05) is 29.8 Å². The molecule has 2 aromatic rings. The summed E-state index contributed by atoms with van der Waals surface area (Å²) in [4.78, 5) is 4.40. The molecule has 0 spiro atoms. The fourth-order valence-corrected chi connectivity index (χ4v) is 3.03. The van der Waals surface area contributed by atoms with Crippen molar-refractivity contribution < 1.29 is 8.42 Å². The predicted octanol–water partition coefficient (Wildman–Crippen LogP) is 1.36. The van der Waals surface area contributed by atoms with Gasteiger partial charge in [0.2, 0.25) is 0 Å². The van der Waals surface area contributed by atoms with Crippen LogP contribution < -0.4 is 5.73 Å². The molecule has 0 amide bonds. The van der Waals surface area contributed by atoms with Crippen LogP contribution in [0.15, 0.2) is 24.5 Å². The summed E-state index contributed by atoms with van der Waals surface area (Å²) in [5.41, 5.74) is 7.94. The number of aryl methyl sites for hydroxylation is 1. The highest BCUT2D eigenvalue weighted by atomic mass is 32.2. The molecule has 1 unspecified atom stereocenters. The molecule has 110 valence electrons. The summed E-state index contributed by atoms with van der Waals surface area (Å²) in [5, 5.41) is 1.10. The Hall–Kier alpha value is -1.40. The summed E-state index contributed by atoms with van der Waals surface area (Å²) in [7, 11) is -2.91. The lowest BCUT2D eigenvalue weighted by atomic mass is 10.1. The fraction of sp³-hybridized carbons (Fsp3) is 0.500. The number of hydrogen-bond acceptors (Lipinski definition) is 4. The minimum atomic E-state index is -2.91. The van der Waals surface area contributed by atoms with Gasteiger partial charge in [0.15, 0.2) is 0 Å². The third-order valence-electron chi connectivity index (χ3n) is 3.17. The molecule has 0 fully saturated rings. The highest BCUT2D eigenvalue weighted by Crippen LogP contribution is 2.20. The van der Waals surface area contributed by atoms with Crippen LogP contribution >= 0.6 is 0 Å². The maximum absolute atomic E-state index is 11.2. The Morgan fingerprint density at radius 2 is 2.20 bits per heavy atom. The topological polar surface area (TPSA) is 78.0 Å². The number of rotatable bonds is 6. The zero-order chi connectivity index (χ0) is 14.8. The summed E-state index contributed by atoms with van der Waals surface area (Å²) < 4.78 is 24.4. The van der Waals surface area contributed by atoms with Gasteiger partial charge in [0.1, 0.15) is 15.5 Å². The molecule has 2 N–H and O–H groups in total. The molecule has 6 heteroatoms. The molecular weight excluding hydrogens is 274 g/mol. The highest BCUT2D eigenvalue weighted by Gasteiger charge is 2.11. The maximum atomic E-state index is 11.2. The molecule has 0 aliphatic heterocycles. The third-order valence-corrected chi connectivity index (χ3v) is 4.20. The molecule has 0 saturated carbocycles. The number of sulfone groups is 1. The molecule has 2 heterocycles.